The predicted octanol–water partition coefficient (Wildman–Crippen LogP) is 5.12. The smallest absolute Gasteiger partial charge is 0.121 e. The number of nitrogens with one attached hydrogen (secondary N) is 1. The predicted molar refractivity (Wildman–Crippen MR) is 86.4 cm³/mol. The number of aryl methyl sites for hydroxylation is 1. The third-order valence-corrected chi connectivity index (χ3v) is 4.63. The second-order valence-electron chi connectivity index (χ2n) is 5.57. The van der Waals surface area contributed by atoms with Gasteiger partial charge in [-0.25, -0.2) is 0 Å². The van der Waals surface area contributed by atoms with E-state index < -0.39 is 0 Å². The second kappa shape index (κ2) is 5.13. The molecular formula is C17H18BrNO. The van der Waals surface area contributed by atoms with E-state index in [0.717, 1.165) is 22.1 Å². The molecule has 0 saturated carbocycles. The Bertz CT molecular complexity index is 636. The van der Waals surface area contributed by atoms with Crippen molar-refractivity contribution < 1.29 is 5.11 Å². The van der Waals surface area contributed by atoms with Crippen molar-refractivity contribution in [3.8, 4) is 5.75 Å². The van der Waals surface area contributed by atoms with Gasteiger partial charge in [0.1, 0.15) is 5.75 Å². The lowest BCUT2D eigenvalue weighted by Gasteiger charge is -2.17. The lowest BCUT2D eigenvalue weighted by molar-refractivity contribution is 0.465. The highest BCUT2D eigenvalue weighted by atomic mass is 79.9. The summed E-state index contributed by atoms with van der Waals surface area (Å²) in [5.41, 5.74) is 4.73. The van der Waals surface area contributed by atoms with Crippen molar-refractivity contribution in [2.75, 3.05) is 5.32 Å². The van der Waals surface area contributed by atoms with Crippen LogP contribution >= 0.6 is 15.9 Å². The van der Waals surface area contributed by atoms with Crippen molar-refractivity contribution in [3.63, 3.8) is 0 Å². The van der Waals surface area contributed by atoms with Gasteiger partial charge in [-0.15, -0.1) is 0 Å². The number of phenolic OH excluding ortho intramolecular Hbond substituents is 1. The summed E-state index contributed by atoms with van der Waals surface area (Å²) in [7, 11) is 0. The van der Waals surface area contributed by atoms with Crippen molar-refractivity contribution >= 4 is 21.6 Å². The summed E-state index contributed by atoms with van der Waals surface area (Å²) in [6.45, 7) is 4.35. The zero-order chi connectivity index (χ0) is 14.3. The van der Waals surface area contributed by atoms with E-state index in [0.29, 0.717) is 11.7 Å². The van der Waals surface area contributed by atoms with Gasteiger partial charge in [0.25, 0.3) is 0 Å². The van der Waals surface area contributed by atoms with Gasteiger partial charge in [-0.3, -0.25) is 0 Å². The number of aromatic hydroxyl groups is 1. The van der Waals surface area contributed by atoms with Crippen molar-refractivity contribution in [2.45, 2.75) is 32.2 Å². The highest BCUT2D eigenvalue weighted by Gasteiger charge is 2.32. The van der Waals surface area contributed by atoms with Crippen LogP contribution in [0.3, 0.4) is 0 Å². The first-order valence-electron chi connectivity index (χ1n) is 6.90. The maximum atomic E-state index is 10.2. The number of benzene rings is 2. The van der Waals surface area contributed by atoms with E-state index in [1.54, 1.807) is 0 Å². The lowest BCUT2D eigenvalue weighted by atomic mass is 9.97. The maximum Gasteiger partial charge on any atom is 0.121 e. The molecule has 0 fully saturated rings. The van der Waals surface area contributed by atoms with Crippen molar-refractivity contribution in [1.82, 2.24) is 0 Å². The summed E-state index contributed by atoms with van der Waals surface area (Å²) in [6.07, 6.45) is 1.02. The fourth-order valence-corrected chi connectivity index (χ4v) is 3.49. The molecule has 0 bridgehead atoms. The molecule has 2 unspecified atom stereocenters. The Labute approximate surface area is 128 Å². The van der Waals surface area contributed by atoms with Crippen LogP contribution in [0.5, 0.6) is 5.75 Å². The summed E-state index contributed by atoms with van der Waals surface area (Å²) in [4.78, 5) is 0. The van der Waals surface area contributed by atoms with E-state index in [1.807, 2.05) is 24.3 Å². The molecule has 0 saturated heterocycles. The van der Waals surface area contributed by atoms with Crippen molar-refractivity contribution in [2.24, 2.45) is 0 Å². The Kier molecular flexibility index (Phi) is 3.47. The van der Waals surface area contributed by atoms with E-state index in [-0.39, 0.29) is 6.04 Å². The van der Waals surface area contributed by atoms with Crippen LogP contribution in [0.2, 0.25) is 0 Å². The summed E-state index contributed by atoms with van der Waals surface area (Å²) in [5, 5.41) is 13.8. The molecule has 0 spiro atoms. The quantitative estimate of drug-likeness (QED) is 0.800. The average Bonchev–Trinajstić information content (AvgIpc) is 2.75. The van der Waals surface area contributed by atoms with Crippen LogP contribution in [-0.2, 0) is 0 Å². The first kappa shape index (κ1) is 13.5. The zero-order valence-electron chi connectivity index (χ0n) is 11.7. The Morgan fingerprint density at radius 2 is 1.80 bits per heavy atom. The molecule has 0 radical (unpaired) electrons. The summed E-state index contributed by atoms with van der Waals surface area (Å²) < 4.78 is 1.07. The van der Waals surface area contributed by atoms with E-state index in [9.17, 15) is 5.11 Å². The van der Waals surface area contributed by atoms with Crippen molar-refractivity contribution in [3.05, 3.63) is 57.6 Å². The molecule has 1 aliphatic rings. The van der Waals surface area contributed by atoms with Gasteiger partial charge in [-0.05, 0) is 60.7 Å². The summed E-state index contributed by atoms with van der Waals surface area (Å²) in [6, 6.07) is 12.2. The van der Waals surface area contributed by atoms with Crippen LogP contribution in [0.25, 0.3) is 0 Å². The second-order valence-corrected chi connectivity index (χ2v) is 6.49. The first-order valence-corrected chi connectivity index (χ1v) is 7.70. The first-order chi connectivity index (χ1) is 9.56. The van der Waals surface area contributed by atoms with Gasteiger partial charge in [0, 0.05) is 15.7 Å². The molecule has 3 heteroatoms. The molecule has 0 heterocycles. The molecule has 0 aliphatic heterocycles. The number of phenols is 1. The molecule has 20 heavy (non-hydrogen) atoms. The van der Waals surface area contributed by atoms with E-state index >= 15 is 0 Å². The SMILES string of the molecule is Cc1ccc(O)c2c1C(C)CC2Nc1ccc(Br)cc1. The molecular weight excluding hydrogens is 314 g/mol. The van der Waals surface area contributed by atoms with Crippen LogP contribution in [0, 0.1) is 6.92 Å². The van der Waals surface area contributed by atoms with Gasteiger partial charge in [0.15, 0.2) is 0 Å². The lowest BCUT2D eigenvalue weighted by Crippen LogP contribution is -2.07. The Balaban J connectivity index is 1.95. The Morgan fingerprint density at radius 3 is 2.50 bits per heavy atom. The zero-order valence-corrected chi connectivity index (χ0v) is 13.2. The number of rotatable bonds is 2. The minimum atomic E-state index is 0.182. The molecule has 0 amide bonds. The number of hydrogen-bond acceptors (Lipinski definition) is 2. The van der Waals surface area contributed by atoms with Crippen LogP contribution in [0.15, 0.2) is 40.9 Å². The van der Waals surface area contributed by atoms with Crippen LogP contribution in [-0.4, -0.2) is 5.11 Å². The van der Waals surface area contributed by atoms with Gasteiger partial charge in [-0.1, -0.05) is 28.9 Å². The topological polar surface area (TPSA) is 32.3 Å². The Hall–Kier alpha value is -1.48. The molecule has 2 N–H and O–H groups in total. The summed E-state index contributed by atoms with van der Waals surface area (Å²) in [5.74, 6) is 0.884. The number of halogens is 1. The molecule has 2 nitrogen and oxygen atoms in total. The van der Waals surface area contributed by atoms with Crippen LogP contribution < -0.4 is 5.32 Å². The van der Waals surface area contributed by atoms with E-state index in [1.165, 1.54) is 11.1 Å². The van der Waals surface area contributed by atoms with Gasteiger partial charge in [-0.2, -0.15) is 0 Å². The van der Waals surface area contributed by atoms with Crippen LogP contribution in [0.1, 0.15) is 42.0 Å². The van der Waals surface area contributed by atoms with Crippen molar-refractivity contribution in [1.29, 1.82) is 0 Å². The maximum absolute atomic E-state index is 10.2. The third-order valence-electron chi connectivity index (χ3n) is 4.10. The molecule has 2 atom stereocenters. The monoisotopic (exact) mass is 331 g/mol. The minimum Gasteiger partial charge on any atom is -0.508 e. The highest BCUT2D eigenvalue weighted by Crippen LogP contribution is 2.47. The molecule has 1 aliphatic carbocycles. The standard InChI is InChI=1S/C17H18BrNO/c1-10-3-8-15(20)17-14(9-11(2)16(10)17)19-13-6-4-12(18)5-7-13/h3-8,11,14,19-20H,9H2,1-2H3. The third kappa shape index (κ3) is 2.31. The fraction of sp³-hybridized carbons (Fsp3) is 0.294. The van der Waals surface area contributed by atoms with Gasteiger partial charge in [0.2, 0.25) is 0 Å². The largest absolute Gasteiger partial charge is 0.508 e. The number of hydrogen-bond donors (Lipinski definition) is 2. The molecule has 2 aromatic carbocycles. The van der Waals surface area contributed by atoms with Gasteiger partial charge < -0.3 is 10.4 Å². The Morgan fingerprint density at radius 1 is 1.10 bits per heavy atom. The molecule has 2 aromatic rings. The highest BCUT2D eigenvalue weighted by molar-refractivity contribution is 9.10. The van der Waals surface area contributed by atoms with Gasteiger partial charge >= 0.3 is 0 Å². The van der Waals surface area contributed by atoms with Gasteiger partial charge in [0.05, 0.1) is 6.04 Å². The average molecular weight is 332 g/mol. The van der Waals surface area contributed by atoms with Crippen LogP contribution in [0.4, 0.5) is 5.69 Å². The van der Waals surface area contributed by atoms with E-state index in [2.05, 4.69) is 47.2 Å². The number of fused-ring (bicyclic) bond motifs is 1. The van der Waals surface area contributed by atoms with E-state index in [4.69, 9.17) is 0 Å². The molecule has 104 valence electrons. The minimum absolute atomic E-state index is 0.182. The molecule has 0 aromatic heterocycles. The fourth-order valence-electron chi connectivity index (χ4n) is 3.22. The summed E-state index contributed by atoms with van der Waals surface area (Å²) >= 11 is 3.45. The number of anilines is 1. The molecule has 3 rings (SSSR count). The normalized spacial score (nSPS) is 20.8.